The van der Waals surface area contributed by atoms with Gasteiger partial charge in [-0.3, -0.25) is 4.79 Å². The molecule has 3 aromatic rings. The van der Waals surface area contributed by atoms with E-state index < -0.39 is 0 Å². The Kier molecular flexibility index (Phi) is 3.56. The predicted molar refractivity (Wildman–Crippen MR) is 81.1 cm³/mol. The quantitative estimate of drug-likeness (QED) is 0.798. The number of hydrogen-bond acceptors (Lipinski definition) is 4. The molecule has 0 saturated carbocycles. The Hall–Kier alpha value is -2.43. The Bertz CT molecular complexity index is 792. The topological polar surface area (TPSA) is 68.0 Å². The summed E-state index contributed by atoms with van der Waals surface area (Å²) in [4.78, 5) is 21.1. The summed E-state index contributed by atoms with van der Waals surface area (Å²) < 4.78 is 5.37. The lowest BCUT2D eigenvalue weighted by atomic mass is 10.1. The SMILES string of the molecule is CC(C)CCNC(=O)c1coc2nc3ccccc3nc12. The van der Waals surface area contributed by atoms with Crippen LogP contribution in [0.2, 0.25) is 0 Å². The first kappa shape index (κ1) is 13.5. The molecule has 1 amide bonds. The van der Waals surface area contributed by atoms with Gasteiger partial charge in [-0.15, -0.1) is 0 Å². The van der Waals surface area contributed by atoms with Crippen molar-refractivity contribution < 1.29 is 9.21 Å². The van der Waals surface area contributed by atoms with Crippen LogP contribution in [0.15, 0.2) is 34.9 Å². The molecule has 0 bridgehead atoms. The summed E-state index contributed by atoms with van der Waals surface area (Å²) in [6, 6.07) is 7.53. The molecule has 5 heteroatoms. The van der Waals surface area contributed by atoms with Gasteiger partial charge in [-0.1, -0.05) is 26.0 Å². The number of hydrogen-bond donors (Lipinski definition) is 1. The van der Waals surface area contributed by atoms with E-state index in [1.807, 2.05) is 24.3 Å². The minimum Gasteiger partial charge on any atom is -0.444 e. The Balaban J connectivity index is 1.92. The third-order valence-electron chi connectivity index (χ3n) is 3.33. The average molecular weight is 283 g/mol. The van der Waals surface area contributed by atoms with Crippen LogP contribution < -0.4 is 5.32 Å². The highest BCUT2D eigenvalue weighted by Crippen LogP contribution is 2.20. The fourth-order valence-corrected chi connectivity index (χ4v) is 2.14. The molecule has 0 fully saturated rings. The van der Waals surface area contributed by atoms with Crippen LogP contribution in [-0.4, -0.2) is 22.4 Å². The number of amides is 1. The normalized spacial score (nSPS) is 11.4. The first-order valence-corrected chi connectivity index (χ1v) is 7.07. The fraction of sp³-hybridized carbons (Fsp3) is 0.312. The average Bonchev–Trinajstić information content (AvgIpc) is 2.87. The molecular weight excluding hydrogens is 266 g/mol. The van der Waals surface area contributed by atoms with Gasteiger partial charge in [-0.05, 0) is 24.5 Å². The van der Waals surface area contributed by atoms with Crippen molar-refractivity contribution in [2.75, 3.05) is 6.54 Å². The van der Waals surface area contributed by atoms with Crippen molar-refractivity contribution in [2.45, 2.75) is 20.3 Å². The number of carbonyl (C=O) groups is 1. The Labute approximate surface area is 122 Å². The van der Waals surface area contributed by atoms with Crippen molar-refractivity contribution >= 4 is 28.2 Å². The van der Waals surface area contributed by atoms with E-state index in [-0.39, 0.29) is 5.91 Å². The molecule has 1 aromatic carbocycles. The van der Waals surface area contributed by atoms with Gasteiger partial charge in [0.2, 0.25) is 5.71 Å². The lowest BCUT2D eigenvalue weighted by Gasteiger charge is -2.05. The minimum atomic E-state index is -0.168. The molecule has 0 aliphatic rings. The molecule has 21 heavy (non-hydrogen) atoms. The second kappa shape index (κ2) is 5.52. The molecule has 5 nitrogen and oxygen atoms in total. The Morgan fingerprint density at radius 2 is 1.95 bits per heavy atom. The largest absolute Gasteiger partial charge is 0.444 e. The van der Waals surface area contributed by atoms with Crippen LogP contribution in [0, 0.1) is 5.92 Å². The highest BCUT2D eigenvalue weighted by atomic mass is 16.3. The molecule has 0 aliphatic heterocycles. The van der Waals surface area contributed by atoms with Crippen molar-refractivity contribution in [2.24, 2.45) is 5.92 Å². The summed E-state index contributed by atoms with van der Waals surface area (Å²) in [7, 11) is 0. The Morgan fingerprint density at radius 1 is 1.24 bits per heavy atom. The number of aromatic nitrogens is 2. The van der Waals surface area contributed by atoms with Gasteiger partial charge < -0.3 is 9.73 Å². The summed E-state index contributed by atoms with van der Waals surface area (Å²) in [6.45, 7) is 4.89. The monoisotopic (exact) mass is 283 g/mol. The lowest BCUT2D eigenvalue weighted by Crippen LogP contribution is -2.25. The molecule has 0 unspecified atom stereocenters. The van der Waals surface area contributed by atoms with Gasteiger partial charge >= 0.3 is 0 Å². The minimum absolute atomic E-state index is 0.168. The first-order valence-electron chi connectivity index (χ1n) is 7.07. The van der Waals surface area contributed by atoms with E-state index in [9.17, 15) is 4.79 Å². The number of nitrogens with one attached hydrogen (secondary N) is 1. The molecule has 0 spiro atoms. The maximum atomic E-state index is 12.2. The van der Waals surface area contributed by atoms with Gasteiger partial charge in [-0.25, -0.2) is 9.97 Å². The number of rotatable bonds is 4. The smallest absolute Gasteiger partial charge is 0.256 e. The molecule has 2 heterocycles. The first-order chi connectivity index (χ1) is 10.1. The van der Waals surface area contributed by atoms with Crippen molar-refractivity contribution in [1.29, 1.82) is 0 Å². The zero-order valence-corrected chi connectivity index (χ0v) is 12.1. The van der Waals surface area contributed by atoms with E-state index >= 15 is 0 Å². The molecule has 3 rings (SSSR count). The van der Waals surface area contributed by atoms with Crippen molar-refractivity contribution in [3.05, 3.63) is 36.1 Å². The second-order valence-corrected chi connectivity index (χ2v) is 5.45. The Morgan fingerprint density at radius 3 is 2.67 bits per heavy atom. The van der Waals surface area contributed by atoms with E-state index in [0.717, 1.165) is 17.5 Å². The molecule has 1 N–H and O–H groups in total. The lowest BCUT2D eigenvalue weighted by molar-refractivity contribution is 0.0952. The summed E-state index contributed by atoms with van der Waals surface area (Å²) in [6.07, 6.45) is 2.37. The van der Waals surface area contributed by atoms with Crippen LogP contribution in [0.3, 0.4) is 0 Å². The summed E-state index contributed by atoms with van der Waals surface area (Å²) in [5.41, 5.74) is 2.85. The number of carbonyl (C=O) groups excluding carboxylic acids is 1. The third-order valence-corrected chi connectivity index (χ3v) is 3.33. The number of nitrogens with zero attached hydrogens (tertiary/aromatic N) is 2. The van der Waals surface area contributed by atoms with E-state index in [0.29, 0.717) is 29.3 Å². The molecule has 108 valence electrons. The maximum Gasteiger partial charge on any atom is 0.256 e. The molecular formula is C16H17N3O2. The van der Waals surface area contributed by atoms with Crippen LogP contribution in [0.25, 0.3) is 22.3 Å². The highest BCUT2D eigenvalue weighted by molar-refractivity contribution is 6.04. The number of fused-ring (bicyclic) bond motifs is 2. The zero-order valence-electron chi connectivity index (χ0n) is 12.1. The molecule has 0 radical (unpaired) electrons. The van der Waals surface area contributed by atoms with Gasteiger partial charge in [0.25, 0.3) is 5.91 Å². The van der Waals surface area contributed by atoms with Gasteiger partial charge in [0, 0.05) is 6.54 Å². The van der Waals surface area contributed by atoms with Gasteiger partial charge in [0.05, 0.1) is 11.0 Å². The van der Waals surface area contributed by atoms with E-state index in [1.54, 1.807) is 0 Å². The van der Waals surface area contributed by atoms with Crippen LogP contribution >= 0.6 is 0 Å². The molecule has 0 saturated heterocycles. The van der Waals surface area contributed by atoms with E-state index in [1.165, 1.54) is 6.26 Å². The zero-order chi connectivity index (χ0) is 14.8. The molecule has 2 aromatic heterocycles. The van der Waals surface area contributed by atoms with Crippen molar-refractivity contribution in [1.82, 2.24) is 15.3 Å². The summed E-state index contributed by atoms with van der Waals surface area (Å²) in [5.74, 6) is 0.383. The van der Waals surface area contributed by atoms with Crippen LogP contribution in [0.5, 0.6) is 0 Å². The highest BCUT2D eigenvalue weighted by Gasteiger charge is 2.16. The fourth-order valence-electron chi connectivity index (χ4n) is 2.14. The van der Waals surface area contributed by atoms with Gasteiger partial charge in [0.15, 0.2) is 0 Å². The summed E-state index contributed by atoms with van der Waals surface area (Å²) >= 11 is 0. The summed E-state index contributed by atoms with van der Waals surface area (Å²) in [5, 5.41) is 2.89. The molecule has 0 atom stereocenters. The second-order valence-electron chi connectivity index (χ2n) is 5.45. The number of furan rings is 1. The third kappa shape index (κ3) is 2.72. The maximum absolute atomic E-state index is 12.2. The van der Waals surface area contributed by atoms with Crippen LogP contribution in [0.1, 0.15) is 30.6 Å². The van der Waals surface area contributed by atoms with Gasteiger partial charge in [0.1, 0.15) is 17.3 Å². The predicted octanol–water partition coefficient (Wildman–Crippen LogP) is 3.15. The van der Waals surface area contributed by atoms with E-state index in [2.05, 4.69) is 29.1 Å². The van der Waals surface area contributed by atoms with Crippen molar-refractivity contribution in [3.63, 3.8) is 0 Å². The van der Waals surface area contributed by atoms with Gasteiger partial charge in [-0.2, -0.15) is 0 Å². The van der Waals surface area contributed by atoms with E-state index in [4.69, 9.17) is 4.42 Å². The molecule has 0 aliphatic carbocycles. The van der Waals surface area contributed by atoms with Crippen molar-refractivity contribution in [3.8, 4) is 0 Å². The van der Waals surface area contributed by atoms with Crippen LogP contribution in [-0.2, 0) is 0 Å². The number of benzene rings is 1. The number of para-hydroxylation sites is 2. The van der Waals surface area contributed by atoms with Crippen LogP contribution in [0.4, 0.5) is 0 Å². The standard InChI is InChI=1S/C16H17N3O2/c1-10(2)7-8-17-15(20)11-9-21-16-14(11)18-12-5-3-4-6-13(12)19-16/h3-6,9-10H,7-8H2,1-2H3,(H,17,20).